The van der Waals surface area contributed by atoms with Gasteiger partial charge in [-0.15, -0.1) is 0 Å². The number of benzene rings is 1. The van der Waals surface area contributed by atoms with Crippen LogP contribution in [0.25, 0.3) is 11.3 Å². The minimum atomic E-state index is -0.281. The fourth-order valence-corrected chi connectivity index (χ4v) is 3.23. The zero-order chi connectivity index (χ0) is 19.5. The highest BCUT2D eigenvalue weighted by atomic mass is 16.6. The van der Waals surface area contributed by atoms with Crippen molar-refractivity contribution < 1.29 is 18.7 Å². The summed E-state index contributed by atoms with van der Waals surface area (Å²) in [6.07, 6.45) is 2.13. The molecule has 0 bridgehead atoms. The Morgan fingerprint density at radius 2 is 1.93 bits per heavy atom. The van der Waals surface area contributed by atoms with Crippen LogP contribution in [0.15, 0.2) is 33.4 Å². The fourth-order valence-electron chi connectivity index (χ4n) is 3.23. The van der Waals surface area contributed by atoms with Gasteiger partial charge in [-0.05, 0) is 44.0 Å². The van der Waals surface area contributed by atoms with E-state index in [1.807, 2.05) is 24.3 Å². The number of carbonyl (C=O) groups is 1. The van der Waals surface area contributed by atoms with E-state index in [0.717, 1.165) is 37.2 Å². The molecule has 0 saturated carbocycles. The molecule has 0 radical (unpaired) electrons. The maximum absolute atomic E-state index is 13.1. The topological polar surface area (TPSA) is 107 Å². The van der Waals surface area contributed by atoms with Crippen molar-refractivity contribution in [3.05, 3.63) is 41.2 Å². The van der Waals surface area contributed by atoms with Gasteiger partial charge in [0.2, 0.25) is 0 Å². The maximum Gasteiger partial charge on any atom is 0.259 e. The molecule has 0 unspecified atom stereocenters. The molecular formula is C19H21N5O4. The average Bonchev–Trinajstić information content (AvgIpc) is 3.46. The van der Waals surface area contributed by atoms with Gasteiger partial charge < -0.3 is 19.5 Å². The predicted octanol–water partition coefficient (Wildman–Crippen LogP) is 2.57. The van der Waals surface area contributed by atoms with Crippen LogP contribution in [0.2, 0.25) is 0 Å². The molecule has 1 N–H and O–H groups in total. The number of amides is 1. The first-order chi connectivity index (χ1) is 13.7. The van der Waals surface area contributed by atoms with Crippen LogP contribution in [0.5, 0.6) is 5.75 Å². The summed E-state index contributed by atoms with van der Waals surface area (Å²) < 4.78 is 15.5. The number of nitrogens with one attached hydrogen (secondary N) is 1. The number of hydrogen-bond acceptors (Lipinski definition) is 8. The van der Waals surface area contributed by atoms with Gasteiger partial charge in [-0.2, -0.15) is 0 Å². The Hall–Kier alpha value is -3.36. The number of ether oxygens (including phenoxy) is 1. The zero-order valence-corrected chi connectivity index (χ0v) is 15.8. The van der Waals surface area contributed by atoms with Crippen LogP contribution in [0, 0.1) is 6.92 Å². The van der Waals surface area contributed by atoms with E-state index in [-0.39, 0.29) is 12.5 Å². The van der Waals surface area contributed by atoms with Crippen LogP contribution in [0.3, 0.4) is 0 Å². The fraction of sp³-hybridized carbons (Fsp3) is 0.368. The second-order valence-corrected chi connectivity index (χ2v) is 6.61. The van der Waals surface area contributed by atoms with E-state index in [1.165, 1.54) is 0 Å². The molecular weight excluding hydrogens is 362 g/mol. The van der Waals surface area contributed by atoms with E-state index in [9.17, 15) is 4.79 Å². The van der Waals surface area contributed by atoms with Gasteiger partial charge >= 0.3 is 0 Å². The molecule has 3 heterocycles. The van der Waals surface area contributed by atoms with E-state index in [1.54, 1.807) is 14.0 Å². The average molecular weight is 383 g/mol. The number of rotatable bonds is 6. The SMILES string of the molecule is COc1ccc(-c2onc(N3CCCC3)c2C(=O)NCc2nonc2C)cc1. The summed E-state index contributed by atoms with van der Waals surface area (Å²) in [5.74, 6) is 1.44. The summed E-state index contributed by atoms with van der Waals surface area (Å²) in [5.41, 5.74) is 2.39. The Morgan fingerprint density at radius 1 is 1.18 bits per heavy atom. The van der Waals surface area contributed by atoms with E-state index < -0.39 is 0 Å². The Labute approximate surface area is 161 Å². The van der Waals surface area contributed by atoms with Crippen molar-refractivity contribution in [3.63, 3.8) is 0 Å². The molecule has 1 fully saturated rings. The van der Waals surface area contributed by atoms with Crippen LogP contribution < -0.4 is 15.0 Å². The molecule has 2 aromatic heterocycles. The van der Waals surface area contributed by atoms with E-state index in [2.05, 4.69) is 30.3 Å². The lowest BCUT2D eigenvalue weighted by atomic mass is 10.1. The Morgan fingerprint density at radius 3 is 2.57 bits per heavy atom. The zero-order valence-electron chi connectivity index (χ0n) is 15.8. The van der Waals surface area contributed by atoms with Gasteiger partial charge in [-0.1, -0.05) is 15.5 Å². The Kier molecular flexibility index (Phi) is 4.96. The first kappa shape index (κ1) is 18.0. The monoisotopic (exact) mass is 383 g/mol. The minimum absolute atomic E-state index is 0.209. The number of anilines is 1. The standard InChI is InChI=1S/C19H21N5O4/c1-12-15(22-28-21-12)11-20-19(25)16-17(13-5-7-14(26-2)8-6-13)27-23-18(16)24-9-3-4-10-24/h5-8H,3-4,9-11H2,1-2H3,(H,20,25). The van der Waals surface area contributed by atoms with Crippen molar-refractivity contribution in [1.82, 2.24) is 20.8 Å². The number of aromatic nitrogens is 3. The van der Waals surface area contributed by atoms with Crippen LogP contribution in [-0.4, -0.2) is 41.6 Å². The van der Waals surface area contributed by atoms with Crippen molar-refractivity contribution >= 4 is 11.7 Å². The molecule has 1 aliphatic rings. The minimum Gasteiger partial charge on any atom is -0.497 e. The van der Waals surface area contributed by atoms with Crippen molar-refractivity contribution in [2.24, 2.45) is 0 Å². The molecule has 1 saturated heterocycles. The molecule has 9 nitrogen and oxygen atoms in total. The molecule has 4 rings (SSSR count). The molecule has 1 aliphatic heterocycles. The molecule has 1 amide bonds. The predicted molar refractivity (Wildman–Crippen MR) is 100 cm³/mol. The van der Waals surface area contributed by atoms with Crippen LogP contribution in [0.4, 0.5) is 5.82 Å². The van der Waals surface area contributed by atoms with E-state index in [4.69, 9.17) is 9.26 Å². The number of methoxy groups -OCH3 is 1. The van der Waals surface area contributed by atoms with Crippen molar-refractivity contribution in [3.8, 4) is 17.1 Å². The quantitative estimate of drug-likeness (QED) is 0.692. The van der Waals surface area contributed by atoms with Gasteiger partial charge in [0.25, 0.3) is 5.91 Å². The van der Waals surface area contributed by atoms with Gasteiger partial charge in [0.15, 0.2) is 11.6 Å². The largest absolute Gasteiger partial charge is 0.497 e. The van der Waals surface area contributed by atoms with Crippen LogP contribution in [0.1, 0.15) is 34.6 Å². The Balaban J connectivity index is 1.66. The van der Waals surface area contributed by atoms with Gasteiger partial charge in [0.05, 0.1) is 13.7 Å². The molecule has 1 aromatic carbocycles. The second-order valence-electron chi connectivity index (χ2n) is 6.61. The lowest BCUT2D eigenvalue weighted by molar-refractivity contribution is 0.0950. The van der Waals surface area contributed by atoms with Crippen molar-refractivity contribution in [2.75, 3.05) is 25.1 Å². The van der Waals surface area contributed by atoms with E-state index in [0.29, 0.717) is 28.5 Å². The molecule has 28 heavy (non-hydrogen) atoms. The lowest BCUT2D eigenvalue weighted by Crippen LogP contribution is -2.27. The smallest absolute Gasteiger partial charge is 0.259 e. The Bertz CT molecular complexity index is 957. The first-order valence-corrected chi connectivity index (χ1v) is 9.12. The normalized spacial score (nSPS) is 13.7. The summed E-state index contributed by atoms with van der Waals surface area (Å²) in [5, 5.41) is 14.6. The molecule has 3 aromatic rings. The molecule has 0 aliphatic carbocycles. The third-order valence-corrected chi connectivity index (χ3v) is 4.82. The van der Waals surface area contributed by atoms with Crippen molar-refractivity contribution in [2.45, 2.75) is 26.3 Å². The summed E-state index contributed by atoms with van der Waals surface area (Å²) in [6.45, 7) is 3.68. The summed E-state index contributed by atoms with van der Waals surface area (Å²) in [6, 6.07) is 7.32. The highest BCUT2D eigenvalue weighted by Crippen LogP contribution is 2.33. The van der Waals surface area contributed by atoms with Gasteiger partial charge in [0.1, 0.15) is 22.7 Å². The summed E-state index contributed by atoms with van der Waals surface area (Å²) in [7, 11) is 1.61. The van der Waals surface area contributed by atoms with Gasteiger partial charge in [0, 0.05) is 18.7 Å². The van der Waals surface area contributed by atoms with Crippen molar-refractivity contribution in [1.29, 1.82) is 0 Å². The van der Waals surface area contributed by atoms with Crippen LogP contribution in [-0.2, 0) is 6.54 Å². The maximum atomic E-state index is 13.1. The lowest BCUT2D eigenvalue weighted by Gasteiger charge is -2.15. The van der Waals surface area contributed by atoms with Crippen LogP contribution >= 0.6 is 0 Å². The highest BCUT2D eigenvalue weighted by Gasteiger charge is 2.29. The van der Waals surface area contributed by atoms with Gasteiger partial charge in [-0.3, -0.25) is 4.79 Å². The number of hydrogen-bond donors (Lipinski definition) is 1. The number of carbonyl (C=O) groups excluding carboxylic acids is 1. The molecule has 0 spiro atoms. The van der Waals surface area contributed by atoms with E-state index >= 15 is 0 Å². The first-order valence-electron chi connectivity index (χ1n) is 9.12. The summed E-state index contributed by atoms with van der Waals surface area (Å²) >= 11 is 0. The number of aryl methyl sites for hydroxylation is 1. The van der Waals surface area contributed by atoms with Gasteiger partial charge in [-0.25, -0.2) is 4.63 Å². The summed E-state index contributed by atoms with van der Waals surface area (Å²) in [4.78, 5) is 15.1. The molecule has 0 atom stereocenters. The molecule has 146 valence electrons. The highest BCUT2D eigenvalue weighted by molar-refractivity contribution is 6.04. The number of nitrogens with zero attached hydrogens (tertiary/aromatic N) is 4. The third-order valence-electron chi connectivity index (χ3n) is 4.82. The third kappa shape index (κ3) is 3.42. The molecule has 9 heteroatoms. The second kappa shape index (κ2) is 7.71.